The summed E-state index contributed by atoms with van der Waals surface area (Å²) in [5.74, 6) is -0.353. The number of nitrogens with two attached hydrogens (primary N) is 1. The van der Waals surface area contributed by atoms with Gasteiger partial charge in [0.2, 0.25) is 11.9 Å². The molecule has 1 aromatic carbocycles. The van der Waals surface area contributed by atoms with Gasteiger partial charge in [-0.3, -0.25) is 4.79 Å². The van der Waals surface area contributed by atoms with Crippen LogP contribution in [0.1, 0.15) is 5.56 Å². The topological polar surface area (TPSA) is 82.2 Å². The summed E-state index contributed by atoms with van der Waals surface area (Å²) in [6, 6.07) is 2.96. The van der Waals surface area contributed by atoms with Crippen molar-refractivity contribution in [3.63, 3.8) is 0 Å². The number of carbonyl (C=O) groups is 1. The normalized spacial score (nSPS) is 10.9. The number of amides is 1. The fourth-order valence-corrected chi connectivity index (χ4v) is 1.93. The van der Waals surface area contributed by atoms with Gasteiger partial charge in [0.25, 0.3) is 0 Å². The molecule has 0 spiro atoms. The van der Waals surface area contributed by atoms with E-state index in [0.29, 0.717) is 29.7 Å². The number of anilines is 1. The molecule has 0 fully saturated rings. The fourth-order valence-electron chi connectivity index (χ4n) is 1.93. The number of hydrogen-bond donors (Lipinski definition) is 2. The second-order valence-electron chi connectivity index (χ2n) is 4.49. The monoisotopic (exact) mass is 280 g/mol. The summed E-state index contributed by atoms with van der Waals surface area (Å²) in [5, 5.41) is 2.70. The maximum atomic E-state index is 13.5. The Morgan fingerprint density at radius 3 is 3.00 bits per heavy atom. The van der Waals surface area contributed by atoms with Crippen LogP contribution in [0.2, 0.25) is 0 Å². The van der Waals surface area contributed by atoms with E-state index in [1.807, 2.05) is 0 Å². The molecule has 0 aliphatic heterocycles. The minimum absolute atomic E-state index is 0.0388. The summed E-state index contributed by atoms with van der Waals surface area (Å²) < 4.78 is 19.9. The number of nitrogens with zero attached hydrogens (tertiary/aromatic N) is 2. The Morgan fingerprint density at radius 1 is 1.55 bits per heavy atom. The molecule has 0 atom stereocenters. The van der Waals surface area contributed by atoms with Gasteiger partial charge in [-0.25, -0.2) is 9.37 Å². The van der Waals surface area contributed by atoms with E-state index in [1.165, 1.54) is 6.07 Å². The number of ether oxygens (including phenoxy) is 1. The van der Waals surface area contributed by atoms with E-state index in [2.05, 4.69) is 10.3 Å². The first-order valence-corrected chi connectivity index (χ1v) is 6.20. The van der Waals surface area contributed by atoms with Crippen molar-refractivity contribution in [1.82, 2.24) is 14.9 Å². The van der Waals surface area contributed by atoms with Crippen molar-refractivity contribution in [1.29, 1.82) is 0 Å². The van der Waals surface area contributed by atoms with Crippen LogP contribution in [0.25, 0.3) is 11.0 Å². The number of benzene rings is 1. The quantitative estimate of drug-likeness (QED) is 0.795. The van der Waals surface area contributed by atoms with Crippen molar-refractivity contribution in [2.45, 2.75) is 13.5 Å². The van der Waals surface area contributed by atoms with Gasteiger partial charge in [-0.05, 0) is 18.6 Å². The molecule has 3 N–H and O–H groups in total. The number of imidazole rings is 1. The average Bonchev–Trinajstić information content (AvgIpc) is 2.67. The van der Waals surface area contributed by atoms with Crippen molar-refractivity contribution in [3.05, 3.63) is 23.5 Å². The van der Waals surface area contributed by atoms with Crippen LogP contribution >= 0.6 is 0 Å². The number of hydrogen-bond acceptors (Lipinski definition) is 4. The molecule has 0 saturated heterocycles. The van der Waals surface area contributed by atoms with Gasteiger partial charge in [-0.2, -0.15) is 0 Å². The van der Waals surface area contributed by atoms with Crippen molar-refractivity contribution in [2.24, 2.45) is 0 Å². The molecule has 0 bridgehead atoms. The van der Waals surface area contributed by atoms with Gasteiger partial charge in [-0.15, -0.1) is 0 Å². The highest BCUT2D eigenvalue weighted by molar-refractivity contribution is 5.83. The van der Waals surface area contributed by atoms with E-state index in [-0.39, 0.29) is 24.2 Å². The fraction of sp³-hybridized carbons (Fsp3) is 0.385. The number of aryl methyl sites for hydroxylation is 1. The molecule has 0 aliphatic rings. The summed E-state index contributed by atoms with van der Waals surface area (Å²) >= 11 is 0. The van der Waals surface area contributed by atoms with Crippen LogP contribution in [-0.2, 0) is 16.1 Å². The molecule has 6 nitrogen and oxygen atoms in total. The maximum absolute atomic E-state index is 13.5. The van der Waals surface area contributed by atoms with Crippen LogP contribution in [0, 0.1) is 12.7 Å². The third kappa shape index (κ3) is 2.88. The first kappa shape index (κ1) is 14.3. The van der Waals surface area contributed by atoms with E-state index >= 15 is 0 Å². The minimum atomic E-state index is -0.341. The number of rotatable bonds is 5. The van der Waals surface area contributed by atoms with E-state index in [1.54, 1.807) is 24.7 Å². The van der Waals surface area contributed by atoms with Gasteiger partial charge >= 0.3 is 0 Å². The molecule has 1 aromatic heterocycles. The zero-order chi connectivity index (χ0) is 14.7. The second-order valence-corrected chi connectivity index (χ2v) is 4.49. The molecule has 0 unspecified atom stereocenters. The smallest absolute Gasteiger partial charge is 0.240 e. The Bertz CT molecular complexity index is 639. The van der Waals surface area contributed by atoms with E-state index in [0.717, 1.165) is 0 Å². The van der Waals surface area contributed by atoms with Gasteiger partial charge < -0.3 is 20.4 Å². The van der Waals surface area contributed by atoms with Gasteiger partial charge in [0.15, 0.2) is 0 Å². The summed E-state index contributed by atoms with van der Waals surface area (Å²) in [6.07, 6.45) is 0. The maximum Gasteiger partial charge on any atom is 0.240 e. The number of nitrogens with one attached hydrogen (secondary N) is 1. The van der Waals surface area contributed by atoms with Gasteiger partial charge in [0.1, 0.15) is 12.4 Å². The molecule has 0 aliphatic carbocycles. The molecular weight excluding hydrogens is 263 g/mol. The first-order chi connectivity index (χ1) is 9.52. The highest BCUT2D eigenvalue weighted by atomic mass is 19.1. The average molecular weight is 280 g/mol. The van der Waals surface area contributed by atoms with Crippen LogP contribution in [0.5, 0.6) is 0 Å². The van der Waals surface area contributed by atoms with Crippen LogP contribution in [0.3, 0.4) is 0 Å². The molecule has 1 heterocycles. The van der Waals surface area contributed by atoms with Crippen LogP contribution in [-0.4, -0.2) is 35.7 Å². The third-order valence-electron chi connectivity index (χ3n) is 2.99. The van der Waals surface area contributed by atoms with Gasteiger partial charge in [0, 0.05) is 19.7 Å². The Hall–Kier alpha value is -2.15. The highest BCUT2D eigenvalue weighted by Gasteiger charge is 2.13. The molecule has 20 heavy (non-hydrogen) atoms. The molecule has 7 heteroatoms. The van der Waals surface area contributed by atoms with E-state index < -0.39 is 0 Å². The lowest BCUT2D eigenvalue weighted by Gasteiger charge is -2.08. The largest absolute Gasteiger partial charge is 0.383 e. The van der Waals surface area contributed by atoms with Crippen molar-refractivity contribution in [2.75, 3.05) is 26.0 Å². The number of fused-ring (bicyclic) bond motifs is 1. The van der Waals surface area contributed by atoms with Crippen LogP contribution < -0.4 is 11.1 Å². The van der Waals surface area contributed by atoms with Crippen molar-refractivity contribution < 1.29 is 13.9 Å². The summed E-state index contributed by atoms with van der Waals surface area (Å²) in [4.78, 5) is 15.8. The first-order valence-electron chi connectivity index (χ1n) is 6.20. The van der Waals surface area contributed by atoms with Gasteiger partial charge in [-0.1, -0.05) is 0 Å². The Kier molecular flexibility index (Phi) is 4.19. The van der Waals surface area contributed by atoms with Crippen LogP contribution in [0.15, 0.2) is 12.1 Å². The Morgan fingerprint density at radius 2 is 2.30 bits per heavy atom. The lowest BCUT2D eigenvalue weighted by atomic mass is 10.2. The SMILES string of the molecule is COCCNC(=O)Cn1c(N)nc2cc(F)c(C)cc21. The summed E-state index contributed by atoms with van der Waals surface area (Å²) in [5.41, 5.74) is 7.35. The zero-order valence-corrected chi connectivity index (χ0v) is 11.4. The lowest BCUT2D eigenvalue weighted by molar-refractivity contribution is -0.121. The predicted molar refractivity (Wildman–Crippen MR) is 73.7 cm³/mol. The Labute approximate surface area is 115 Å². The van der Waals surface area contributed by atoms with Crippen LogP contribution in [0.4, 0.5) is 10.3 Å². The second kappa shape index (κ2) is 5.87. The van der Waals surface area contributed by atoms with E-state index in [9.17, 15) is 9.18 Å². The molecule has 0 radical (unpaired) electrons. The highest BCUT2D eigenvalue weighted by Crippen LogP contribution is 2.21. The minimum Gasteiger partial charge on any atom is -0.383 e. The third-order valence-corrected chi connectivity index (χ3v) is 2.99. The Balaban J connectivity index is 2.23. The number of carbonyl (C=O) groups excluding carboxylic acids is 1. The predicted octanol–water partition coefficient (Wildman–Crippen LogP) is 0.829. The van der Waals surface area contributed by atoms with Crippen molar-refractivity contribution >= 4 is 22.9 Å². The summed E-state index contributed by atoms with van der Waals surface area (Å²) in [7, 11) is 1.56. The molecule has 108 valence electrons. The van der Waals surface area contributed by atoms with E-state index in [4.69, 9.17) is 10.5 Å². The molecular formula is C13H17FN4O2. The number of nitrogen functional groups attached to an aromatic ring is 1. The molecule has 2 rings (SSSR count). The molecule has 2 aromatic rings. The summed E-state index contributed by atoms with van der Waals surface area (Å²) in [6.45, 7) is 2.56. The molecule has 0 saturated carbocycles. The van der Waals surface area contributed by atoms with Gasteiger partial charge in [0.05, 0.1) is 17.6 Å². The number of aromatic nitrogens is 2. The number of methoxy groups -OCH3 is 1. The van der Waals surface area contributed by atoms with Crippen molar-refractivity contribution in [3.8, 4) is 0 Å². The molecule has 1 amide bonds. The number of halogens is 1. The standard InChI is InChI=1S/C13H17FN4O2/c1-8-5-11-10(6-9(8)14)17-13(15)18(11)7-12(19)16-3-4-20-2/h5-6H,3-4,7H2,1-2H3,(H2,15,17)(H,16,19). The lowest BCUT2D eigenvalue weighted by Crippen LogP contribution is -2.30. The zero-order valence-electron chi connectivity index (χ0n) is 11.4.